The lowest BCUT2D eigenvalue weighted by atomic mass is 9.71. The van der Waals surface area contributed by atoms with Crippen LogP contribution in [0.5, 0.6) is 0 Å². The maximum Gasteiger partial charge on any atom is 0.256 e. The second-order valence-electron chi connectivity index (χ2n) is 8.31. The van der Waals surface area contributed by atoms with E-state index in [9.17, 15) is 9.18 Å². The normalized spacial score (nSPS) is 28.5. The summed E-state index contributed by atoms with van der Waals surface area (Å²) in [5.41, 5.74) is 0.556. The van der Waals surface area contributed by atoms with Gasteiger partial charge in [-0.15, -0.1) is 4.80 Å². The second kappa shape index (κ2) is 6.25. The van der Waals surface area contributed by atoms with E-state index in [-0.39, 0.29) is 34.7 Å². The van der Waals surface area contributed by atoms with Gasteiger partial charge in [-0.3, -0.25) is 4.79 Å². The Morgan fingerprint density at radius 1 is 1.20 bits per heavy atom. The number of carbonyl (C=O) groups excluding carboxylic acids is 1. The monoisotopic (exact) mass is 424 g/mol. The van der Waals surface area contributed by atoms with Gasteiger partial charge in [0.1, 0.15) is 11.5 Å². The fourth-order valence-electron chi connectivity index (χ4n) is 5.39. The van der Waals surface area contributed by atoms with Crippen molar-refractivity contribution in [3.8, 4) is 5.69 Å². The molecule has 9 heteroatoms. The molecule has 3 heterocycles. The molecule has 152 valence electrons. The van der Waals surface area contributed by atoms with Gasteiger partial charge in [0.15, 0.2) is 5.82 Å². The Morgan fingerprint density at radius 3 is 2.80 bits per heavy atom. The maximum absolute atomic E-state index is 14.6. The van der Waals surface area contributed by atoms with Crippen molar-refractivity contribution >= 4 is 23.3 Å². The van der Waals surface area contributed by atoms with E-state index < -0.39 is 5.82 Å². The number of hydrogen-bond donors (Lipinski definition) is 1. The molecule has 2 aromatic heterocycles. The van der Waals surface area contributed by atoms with E-state index in [1.54, 1.807) is 24.4 Å². The lowest BCUT2D eigenvalue weighted by Gasteiger charge is -2.48. The number of benzene rings is 1. The highest BCUT2D eigenvalue weighted by Gasteiger charge is 2.75. The number of likely N-dealkylation sites (tertiary alicyclic amines) is 1. The number of hydrogen-bond acceptors (Lipinski definition) is 5. The van der Waals surface area contributed by atoms with Crippen LogP contribution in [0.4, 0.5) is 10.2 Å². The smallest absolute Gasteiger partial charge is 0.256 e. The van der Waals surface area contributed by atoms with E-state index in [0.717, 1.165) is 18.7 Å². The fourth-order valence-corrected chi connectivity index (χ4v) is 5.50. The molecule has 2 aliphatic carbocycles. The zero-order chi connectivity index (χ0) is 20.5. The third-order valence-corrected chi connectivity index (χ3v) is 6.98. The summed E-state index contributed by atoms with van der Waals surface area (Å²) >= 11 is 5.93. The first kappa shape index (κ1) is 17.8. The maximum atomic E-state index is 14.6. The Bertz CT molecular complexity index is 1140. The third kappa shape index (κ3) is 2.49. The van der Waals surface area contributed by atoms with Crippen LogP contribution < -0.4 is 5.32 Å². The van der Waals surface area contributed by atoms with E-state index in [4.69, 9.17) is 11.6 Å². The Hall–Kier alpha value is -3.00. The van der Waals surface area contributed by atoms with Crippen molar-refractivity contribution in [2.24, 2.45) is 11.3 Å². The van der Waals surface area contributed by atoms with Crippen molar-refractivity contribution in [2.75, 3.05) is 11.9 Å². The van der Waals surface area contributed by atoms with Crippen LogP contribution in [-0.4, -0.2) is 49.4 Å². The number of aromatic nitrogens is 4. The molecule has 30 heavy (non-hydrogen) atoms. The molecule has 4 atom stereocenters. The third-order valence-electron chi connectivity index (χ3n) is 6.76. The second-order valence-corrected chi connectivity index (χ2v) is 8.74. The fraction of sp³-hybridized carbons (Fsp3) is 0.333. The van der Waals surface area contributed by atoms with Crippen LogP contribution in [0.2, 0.25) is 5.02 Å². The topological polar surface area (TPSA) is 75.9 Å². The standard InChI is InChI=1S/C21H18ClFN6O/c22-13-4-5-17(24-10-13)27-16-9-21-8-12(21)11-28(19(16)21)20(30)14-2-1-3-15(23)18(14)29-25-6-7-26-29/h1-7,10,12,16,19H,8-9,11H2,(H,24,27). The van der Waals surface area contributed by atoms with E-state index in [1.165, 1.54) is 23.3 Å². The van der Waals surface area contributed by atoms with Gasteiger partial charge in [-0.05, 0) is 48.4 Å². The Morgan fingerprint density at radius 2 is 2.03 bits per heavy atom. The van der Waals surface area contributed by atoms with Crippen LogP contribution in [0.1, 0.15) is 23.2 Å². The van der Waals surface area contributed by atoms with Gasteiger partial charge >= 0.3 is 0 Å². The van der Waals surface area contributed by atoms with Crippen molar-refractivity contribution < 1.29 is 9.18 Å². The number of carbonyl (C=O) groups is 1. The van der Waals surface area contributed by atoms with Gasteiger partial charge in [0, 0.05) is 18.8 Å². The number of nitrogens with one attached hydrogen (secondary N) is 1. The summed E-state index contributed by atoms with van der Waals surface area (Å²) in [7, 11) is 0. The number of piperidine rings is 1. The number of anilines is 1. The molecule has 1 spiro atoms. The lowest BCUT2D eigenvalue weighted by molar-refractivity contribution is 0.0471. The van der Waals surface area contributed by atoms with Crippen molar-refractivity contribution in [2.45, 2.75) is 24.9 Å². The minimum absolute atomic E-state index is 0.0641. The first-order valence-electron chi connectivity index (χ1n) is 9.91. The average molecular weight is 425 g/mol. The van der Waals surface area contributed by atoms with E-state index >= 15 is 0 Å². The van der Waals surface area contributed by atoms with E-state index in [0.29, 0.717) is 17.5 Å². The molecule has 1 saturated heterocycles. The van der Waals surface area contributed by atoms with Crippen LogP contribution in [-0.2, 0) is 0 Å². The van der Waals surface area contributed by atoms with E-state index in [2.05, 4.69) is 20.5 Å². The van der Waals surface area contributed by atoms with Crippen molar-refractivity contribution in [1.29, 1.82) is 0 Å². The van der Waals surface area contributed by atoms with Gasteiger partial charge < -0.3 is 10.2 Å². The zero-order valence-corrected chi connectivity index (χ0v) is 16.6. The van der Waals surface area contributed by atoms with Crippen LogP contribution in [0.25, 0.3) is 5.69 Å². The molecule has 3 aliphatic rings. The number of halogens is 2. The SMILES string of the molecule is O=C(c1cccc(F)c1-n1nccn1)N1CC2CC23CC(Nc2ccc(Cl)cn2)C13. The summed E-state index contributed by atoms with van der Waals surface area (Å²) in [5, 5.41) is 12.1. The number of rotatable bonds is 4. The van der Waals surface area contributed by atoms with Crippen LogP contribution in [0, 0.1) is 17.2 Å². The van der Waals surface area contributed by atoms with Crippen molar-refractivity contribution in [3.05, 3.63) is 65.3 Å². The highest BCUT2D eigenvalue weighted by atomic mass is 35.5. The molecule has 7 nitrogen and oxygen atoms in total. The lowest BCUT2D eigenvalue weighted by Crippen LogP contribution is -2.60. The largest absolute Gasteiger partial charge is 0.365 e. The first-order valence-corrected chi connectivity index (χ1v) is 10.3. The van der Waals surface area contributed by atoms with Gasteiger partial charge in [0.05, 0.1) is 29.0 Å². The molecular weight excluding hydrogens is 407 g/mol. The molecule has 6 rings (SSSR count). The Kier molecular flexibility index (Phi) is 3.71. The molecule has 1 aliphatic heterocycles. The van der Waals surface area contributed by atoms with Crippen LogP contribution in [0.3, 0.4) is 0 Å². The quantitative estimate of drug-likeness (QED) is 0.696. The van der Waals surface area contributed by atoms with Gasteiger partial charge in [0.2, 0.25) is 0 Å². The van der Waals surface area contributed by atoms with Crippen molar-refractivity contribution in [3.63, 3.8) is 0 Å². The minimum Gasteiger partial charge on any atom is -0.365 e. The number of para-hydroxylation sites is 1. The van der Waals surface area contributed by atoms with Gasteiger partial charge in [0.25, 0.3) is 5.91 Å². The Balaban J connectivity index is 1.31. The summed E-state index contributed by atoms with van der Waals surface area (Å²) in [6, 6.07) is 8.31. The summed E-state index contributed by atoms with van der Waals surface area (Å²) < 4.78 is 14.6. The molecule has 2 saturated carbocycles. The number of pyridine rings is 1. The zero-order valence-electron chi connectivity index (χ0n) is 15.9. The molecule has 3 aromatic rings. The molecular formula is C21H18ClFN6O. The molecule has 1 N–H and O–H groups in total. The van der Waals surface area contributed by atoms with Crippen molar-refractivity contribution in [1.82, 2.24) is 24.9 Å². The van der Waals surface area contributed by atoms with Crippen LogP contribution >= 0.6 is 11.6 Å². The molecule has 4 unspecified atom stereocenters. The predicted molar refractivity (Wildman–Crippen MR) is 108 cm³/mol. The molecule has 0 bridgehead atoms. The van der Waals surface area contributed by atoms with E-state index in [1.807, 2.05) is 11.0 Å². The average Bonchev–Trinajstić information content (AvgIpc) is 3.09. The first-order chi connectivity index (χ1) is 14.6. The molecule has 3 fully saturated rings. The highest BCUT2D eigenvalue weighted by molar-refractivity contribution is 6.30. The molecule has 1 amide bonds. The summed E-state index contributed by atoms with van der Waals surface area (Å²) in [6.45, 7) is 0.693. The number of nitrogens with zero attached hydrogens (tertiary/aromatic N) is 5. The predicted octanol–water partition coefficient (Wildman–Crippen LogP) is 3.17. The highest BCUT2D eigenvalue weighted by Crippen LogP contribution is 2.71. The van der Waals surface area contributed by atoms with Gasteiger partial charge in [-0.1, -0.05) is 17.7 Å². The summed E-state index contributed by atoms with van der Waals surface area (Å²) in [4.78, 5) is 20.9. The van der Waals surface area contributed by atoms with Crippen LogP contribution in [0.15, 0.2) is 48.9 Å². The summed E-state index contributed by atoms with van der Waals surface area (Å²) in [5.74, 6) is 0.546. The van der Waals surface area contributed by atoms with Gasteiger partial charge in [-0.2, -0.15) is 10.2 Å². The van der Waals surface area contributed by atoms with Gasteiger partial charge in [-0.25, -0.2) is 9.37 Å². The minimum atomic E-state index is -0.523. The molecule has 1 aromatic carbocycles. The number of amides is 1. The molecule has 0 radical (unpaired) electrons. The summed E-state index contributed by atoms with van der Waals surface area (Å²) in [6.07, 6.45) is 6.68. The Labute approximate surface area is 176 Å².